The van der Waals surface area contributed by atoms with E-state index < -0.39 is 0 Å². The van der Waals surface area contributed by atoms with Crippen molar-refractivity contribution in [3.63, 3.8) is 0 Å². The molecule has 0 aliphatic heterocycles. The van der Waals surface area contributed by atoms with Crippen molar-refractivity contribution in [1.82, 2.24) is 4.98 Å². The molecule has 1 aliphatic carbocycles. The van der Waals surface area contributed by atoms with Crippen molar-refractivity contribution in [2.75, 3.05) is 0 Å². The predicted molar refractivity (Wildman–Crippen MR) is 56.3 cm³/mol. The number of aryl methyl sites for hydroxylation is 3. The van der Waals surface area contributed by atoms with Crippen LogP contribution in [0.5, 0.6) is 0 Å². The molecule has 0 atom stereocenters. The van der Waals surface area contributed by atoms with Crippen molar-refractivity contribution in [2.24, 2.45) is 0 Å². The second-order valence-electron chi connectivity index (χ2n) is 3.61. The average Bonchev–Trinajstić information content (AvgIpc) is 2.65. The summed E-state index contributed by atoms with van der Waals surface area (Å²) in [6.45, 7) is 2.13. The minimum absolute atomic E-state index is 1.20. The molecule has 0 amide bonds. The van der Waals surface area contributed by atoms with Gasteiger partial charge in [0.05, 0.1) is 0 Å². The molecule has 2 aromatic rings. The predicted octanol–water partition coefficient (Wildman–Crippen LogP) is 3.15. The van der Waals surface area contributed by atoms with E-state index in [2.05, 4.69) is 29.4 Å². The fraction of sp³-hybridized carbons (Fsp3) is 0.273. The molecule has 2 aromatic heterocycles. The van der Waals surface area contributed by atoms with Gasteiger partial charge in [0, 0.05) is 21.8 Å². The van der Waals surface area contributed by atoms with Crippen LogP contribution in [0.3, 0.4) is 0 Å². The van der Waals surface area contributed by atoms with Crippen LogP contribution >= 0.6 is 11.3 Å². The van der Waals surface area contributed by atoms with Gasteiger partial charge in [0.25, 0.3) is 0 Å². The summed E-state index contributed by atoms with van der Waals surface area (Å²) in [5.74, 6) is 0. The van der Waals surface area contributed by atoms with Crippen molar-refractivity contribution in [3.05, 3.63) is 33.6 Å². The van der Waals surface area contributed by atoms with Crippen LogP contribution in [0.15, 0.2) is 17.5 Å². The van der Waals surface area contributed by atoms with E-state index in [1.807, 2.05) is 11.3 Å². The molecule has 0 aromatic carbocycles. The van der Waals surface area contributed by atoms with Crippen LogP contribution in [0.25, 0.3) is 11.3 Å². The van der Waals surface area contributed by atoms with E-state index in [-0.39, 0.29) is 0 Å². The largest absolute Gasteiger partial charge is 0.358 e. The Morgan fingerprint density at radius 1 is 1.38 bits per heavy atom. The Morgan fingerprint density at radius 3 is 3.23 bits per heavy atom. The van der Waals surface area contributed by atoms with Crippen molar-refractivity contribution in [1.29, 1.82) is 0 Å². The Hall–Kier alpha value is -1.02. The smallest absolute Gasteiger partial charge is 0.0499 e. The van der Waals surface area contributed by atoms with Crippen LogP contribution in [-0.2, 0) is 12.8 Å². The van der Waals surface area contributed by atoms with Gasteiger partial charge in [0.1, 0.15) is 0 Å². The van der Waals surface area contributed by atoms with Gasteiger partial charge >= 0.3 is 0 Å². The molecule has 1 N–H and O–H groups in total. The lowest BCUT2D eigenvalue weighted by Crippen LogP contribution is -1.98. The minimum atomic E-state index is 1.20. The Bertz CT molecular complexity index is 450. The zero-order valence-corrected chi connectivity index (χ0v) is 8.37. The third-order valence-electron chi connectivity index (χ3n) is 2.67. The summed E-state index contributed by atoms with van der Waals surface area (Å²) in [6, 6.07) is 4.50. The molecule has 2 heterocycles. The lowest BCUT2D eigenvalue weighted by atomic mass is 9.97. The fourth-order valence-electron chi connectivity index (χ4n) is 2.09. The lowest BCUT2D eigenvalue weighted by molar-refractivity contribution is 0.964. The van der Waals surface area contributed by atoms with Crippen LogP contribution in [0.1, 0.15) is 16.1 Å². The Balaban J connectivity index is 2.29. The van der Waals surface area contributed by atoms with Crippen molar-refractivity contribution >= 4 is 11.3 Å². The van der Waals surface area contributed by atoms with E-state index in [4.69, 9.17) is 0 Å². The third kappa shape index (κ3) is 0.985. The van der Waals surface area contributed by atoms with Gasteiger partial charge in [0.2, 0.25) is 0 Å². The third-order valence-corrected chi connectivity index (χ3v) is 3.65. The molecule has 0 radical (unpaired) electrons. The van der Waals surface area contributed by atoms with Gasteiger partial charge in [-0.2, -0.15) is 0 Å². The second kappa shape index (κ2) is 2.48. The Labute approximate surface area is 81.4 Å². The standard InChI is InChI=1S/C11H11NS/c1-7-6-8-2-3-10-9(4-5-13-10)11(8)12-7/h4-6,12H,2-3H2,1H3. The molecule has 0 saturated heterocycles. The molecule has 3 rings (SSSR count). The zero-order chi connectivity index (χ0) is 8.84. The highest BCUT2D eigenvalue weighted by molar-refractivity contribution is 7.10. The molecule has 0 bridgehead atoms. The number of rotatable bonds is 0. The van der Waals surface area contributed by atoms with Gasteiger partial charge in [-0.3, -0.25) is 0 Å². The summed E-state index contributed by atoms with van der Waals surface area (Å²) in [5.41, 5.74) is 5.56. The maximum Gasteiger partial charge on any atom is 0.0499 e. The number of nitrogens with one attached hydrogen (secondary N) is 1. The molecule has 1 aliphatic rings. The van der Waals surface area contributed by atoms with Gasteiger partial charge < -0.3 is 4.98 Å². The monoisotopic (exact) mass is 189 g/mol. The average molecular weight is 189 g/mol. The number of thiophene rings is 1. The first-order valence-electron chi connectivity index (χ1n) is 4.60. The van der Waals surface area contributed by atoms with E-state index in [1.165, 1.54) is 40.2 Å². The van der Waals surface area contributed by atoms with Crippen molar-refractivity contribution in [3.8, 4) is 11.3 Å². The summed E-state index contributed by atoms with van der Waals surface area (Å²) in [6.07, 6.45) is 2.42. The van der Waals surface area contributed by atoms with Crippen LogP contribution in [0, 0.1) is 6.92 Å². The summed E-state index contributed by atoms with van der Waals surface area (Å²) < 4.78 is 0. The minimum Gasteiger partial charge on any atom is -0.358 e. The van der Waals surface area contributed by atoms with E-state index in [0.29, 0.717) is 0 Å². The Kier molecular flexibility index (Phi) is 1.41. The first kappa shape index (κ1) is 7.39. The van der Waals surface area contributed by atoms with Crippen LogP contribution in [0.4, 0.5) is 0 Å². The molecule has 0 unspecified atom stereocenters. The summed E-state index contributed by atoms with van der Waals surface area (Å²) in [5, 5.41) is 2.19. The molecule has 0 saturated carbocycles. The summed E-state index contributed by atoms with van der Waals surface area (Å²) in [4.78, 5) is 4.98. The number of aromatic amines is 1. The topological polar surface area (TPSA) is 15.8 Å². The first-order valence-corrected chi connectivity index (χ1v) is 5.48. The summed E-state index contributed by atoms with van der Waals surface area (Å²) >= 11 is 1.88. The van der Waals surface area contributed by atoms with Crippen LogP contribution < -0.4 is 0 Å². The van der Waals surface area contributed by atoms with Gasteiger partial charge in [-0.25, -0.2) is 0 Å². The fourth-order valence-corrected chi connectivity index (χ4v) is 2.98. The lowest BCUT2D eigenvalue weighted by Gasteiger charge is -2.10. The normalized spacial score (nSPS) is 13.9. The van der Waals surface area contributed by atoms with Crippen LogP contribution in [-0.4, -0.2) is 4.98 Å². The number of hydrogen-bond acceptors (Lipinski definition) is 1. The molecule has 2 heteroatoms. The molecular weight excluding hydrogens is 178 g/mol. The maximum atomic E-state index is 3.45. The molecule has 0 spiro atoms. The zero-order valence-electron chi connectivity index (χ0n) is 7.55. The second-order valence-corrected chi connectivity index (χ2v) is 4.61. The number of aromatic nitrogens is 1. The SMILES string of the molecule is Cc1cc2c([nH]1)-c1ccsc1CC2. The van der Waals surface area contributed by atoms with E-state index in [1.54, 1.807) is 0 Å². The van der Waals surface area contributed by atoms with E-state index >= 15 is 0 Å². The molecular formula is C11H11NS. The highest BCUT2D eigenvalue weighted by atomic mass is 32.1. The summed E-state index contributed by atoms with van der Waals surface area (Å²) in [7, 11) is 0. The maximum absolute atomic E-state index is 3.45. The Morgan fingerprint density at radius 2 is 2.31 bits per heavy atom. The van der Waals surface area contributed by atoms with Crippen molar-refractivity contribution < 1.29 is 0 Å². The number of H-pyrrole nitrogens is 1. The van der Waals surface area contributed by atoms with E-state index in [0.717, 1.165) is 0 Å². The van der Waals surface area contributed by atoms with Crippen molar-refractivity contribution in [2.45, 2.75) is 19.8 Å². The molecule has 1 nitrogen and oxygen atoms in total. The molecule has 66 valence electrons. The number of fused-ring (bicyclic) bond motifs is 3. The van der Waals surface area contributed by atoms with Gasteiger partial charge in [-0.15, -0.1) is 11.3 Å². The highest BCUT2D eigenvalue weighted by Crippen LogP contribution is 2.36. The van der Waals surface area contributed by atoms with Gasteiger partial charge in [0.15, 0.2) is 0 Å². The van der Waals surface area contributed by atoms with Gasteiger partial charge in [-0.05, 0) is 42.8 Å². The number of hydrogen-bond donors (Lipinski definition) is 1. The quantitative estimate of drug-likeness (QED) is 0.655. The molecule has 0 fully saturated rings. The first-order chi connectivity index (χ1) is 6.34. The van der Waals surface area contributed by atoms with E-state index in [9.17, 15) is 0 Å². The highest BCUT2D eigenvalue weighted by Gasteiger charge is 2.18. The van der Waals surface area contributed by atoms with Gasteiger partial charge in [-0.1, -0.05) is 0 Å². The molecule has 13 heavy (non-hydrogen) atoms. The van der Waals surface area contributed by atoms with Crippen LogP contribution in [0.2, 0.25) is 0 Å².